The largest absolute Gasteiger partial charge is 0.391 e. The van der Waals surface area contributed by atoms with E-state index in [0.717, 1.165) is 5.56 Å². The SMILES string of the molecule is OC[C@]1(O)O[C@H](CNCc2ccccc2)[C@@H](O)[C@H]1O. The zero-order valence-electron chi connectivity index (χ0n) is 10.4. The van der Waals surface area contributed by atoms with E-state index in [2.05, 4.69) is 5.32 Å². The molecule has 0 unspecified atom stereocenters. The predicted octanol–water partition coefficient (Wildman–Crippen LogP) is -1.42. The van der Waals surface area contributed by atoms with Crippen molar-refractivity contribution >= 4 is 0 Å². The van der Waals surface area contributed by atoms with Crippen LogP contribution in [0.5, 0.6) is 0 Å². The van der Waals surface area contributed by atoms with Crippen molar-refractivity contribution < 1.29 is 25.2 Å². The van der Waals surface area contributed by atoms with Crippen LogP contribution in [-0.2, 0) is 11.3 Å². The fourth-order valence-corrected chi connectivity index (χ4v) is 2.12. The second-order valence-corrected chi connectivity index (χ2v) is 4.71. The van der Waals surface area contributed by atoms with Crippen LogP contribution in [0.15, 0.2) is 30.3 Å². The Labute approximate surface area is 111 Å². The molecule has 1 aliphatic heterocycles. The van der Waals surface area contributed by atoms with Gasteiger partial charge in [-0.25, -0.2) is 0 Å². The highest BCUT2D eigenvalue weighted by Crippen LogP contribution is 2.28. The van der Waals surface area contributed by atoms with Crippen molar-refractivity contribution in [3.05, 3.63) is 35.9 Å². The van der Waals surface area contributed by atoms with Gasteiger partial charge in [0.05, 0.1) is 6.61 Å². The van der Waals surface area contributed by atoms with Crippen molar-refractivity contribution in [2.45, 2.75) is 30.6 Å². The lowest BCUT2D eigenvalue weighted by atomic mass is 10.1. The zero-order valence-corrected chi connectivity index (χ0v) is 10.4. The molecule has 0 spiro atoms. The topological polar surface area (TPSA) is 102 Å². The van der Waals surface area contributed by atoms with Crippen LogP contribution in [-0.4, -0.2) is 57.7 Å². The Kier molecular flexibility index (Phi) is 4.51. The molecule has 2 rings (SSSR count). The molecule has 19 heavy (non-hydrogen) atoms. The summed E-state index contributed by atoms with van der Waals surface area (Å²) in [5.41, 5.74) is 1.08. The average molecular weight is 269 g/mol. The molecule has 1 aromatic rings. The minimum Gasteiger partial charge on any atom is -0.391 e. The molecule has 1 aliphatic rings. The Balaban J connectivity index is 1.84. The van der Waals surface area contributed by atoms with Gasteiger partial charge in [-0.2, -0.15) is 0 Å². The van der Waals surface area contributed by atoms with Crippen molar-refractivity contribution in [3.8, 4) is 0 Å². The molecule has 0 radical (unpaired) electrons. The van der Waals surface area contributed by atoms with E-state index < -0.39 is 30.7 Å². The van der Waals surface area contributed by atoms with E-state index >= 15 is 0 Å². The number of nitrogens with one attached hydrogen (secondary N) is 1. The molecule has 0 saturated carbocycles. The molecule has 4 atom stereocenters. The van der Waals surface area contributed by atoms with Crippen LogP contribution in [0.2, 0.25) is 0 Å². The highest BCUT2D eigenvalue weighted by atomic mass is 16.7. The van der Waals surface area contributed by atoms with E-state index in [4.69, 9.17) is 9.84 Å². The summed E-state index contributed by atoms with van der Waals surface area (Å²) >= 11 is 0. The van der Waals surface area contributed by atoms with E-state index in [1.54, 1.807) is 0 Å². The van der Waals surface area contributed by atoms with Crippen LogP contribution in [0.25, 0.3) is 0 Å². The predicted molar refractivity (Wildman–Crippen MR) is 67.1 cm³/mol. The average Bonchev–Trinajstić information content (AvgIpc) is 2.65. The third-order valence-corrected chi connectivity index (χ3v) is 3.27. The van der Waals surface area contributed by atoms with Crippen LogP contribution in [0.4, 0.5) is 0 Å². The first-order valence-corrected chi connectivity index (χ1v) is 6.18. The molecule has 1 saturated heterocycles. The van der Waals surface area contributed by atoms with Crippen LogP contribution in [0.1, 0.15) is 5.56 Å². The highest BCUT2D eigenvalue weighted by Gasteiger charge is 2.52. The van der Waals surface area contributed by atoms with Gasteiger partial charge in [-0.3, -0.25) is 0 Å². The second-order valence-electron chi connectivity index (χ2n) is 4.71. The first-order valence-electron chi connectivity index (χ1n) is 6.18. The van der Waals surface area contributed by atoms with Gasteiger partial charge < -0.3 is 30.5 Å². The van der Waals surface area contributed by atoms with Gasteiger partial charge in [0.15, 0.2) is 0 Å². The first kappa shape index (κ1) is 14.4. The molecule has 1 fully saturated rings. The van der Waals surface area contributed by atoms with Crippen molar-refractivity contribution in [1.82, 2.24) is 5.32 Å². The Hall–Kier alpha value is -1.02. The molecule has 1 aromatic carbocycles. The summed E-state index contributed by atoms with van der Waals surface area (Å²) < 4.78 is 5.10. The Morgan fingerprint density at radius 1 is 1.21 bits per heavy atom. The molecule has 0 aromatic heterocycles. The van der Waals surface area contributed by atoms with Crippen molar-refractivity contribution in [3.63, 3.8) is 0 Å². The summed E-state index contributed by atoms with van der Waals surface area (Å²) in [5.74, 6) is -2.08. The lowest BCUT2D eigenvalue weighted by molar-refractivity contribution is -0.245. The van der Waals surface area contributed by atoms with Gasteiger partial charge in [-0.05, 0) is 5.56 Å². The Morgan fingerprint density at radius 3 is 2.47 bits per heavy atom. The van der Waals surface area contributed by atoms with Crippen LogP contribution < -0.4 is 5.32 Å². The van der Waals surface area contributed by atoms with Crippen LogP contribution in [0, 0.1) is 0 Å². The lowest BCUT2D eigenvalue weighted by Gasteiger charge is -2.22. The van der Waals surface area contributed by atoms with E-state index in [1.807, 2.05) is 30.3 Å². The van der Waals surface area contributed by atoms with Gasteiger partial charge >= 0.3 is 0 Å². The Bertz CT molecular complexity index is 401. The summed E-state index contributed by atoms with van der Waals surface area (Å²) in [6.07, 6.45) is -3.52. The van der Waals surface area contributed by atoms with Gasteiger partial charge in [0.25, 0.3) is 0 Å². The molecular formula is C13H19NO5. The van der Waals surface area contributed by atoms with Crippen molar-refractivity contribution in [2.75, 3.05) is 13.2 Å². The highest BCUT2D eigenvalue weighted by molar-refractivity contribution is 5.14. The molecule has 0 aliphatic carbocycles. The van der Waals surface area contributed by atoms with E-state index in [9.17, 15) is 15.3 Å². The van der Waals surface area contributed by atoms with E-state index in [1.165, 1.54) is 0 Å². The number of ether oxygens (including phenoxy) is 1. The summed E-state index contributed by atoms with van der Waals surface area (Å²) in [6, 6.07) is 9.68. The normalized spacial score (nSPS) is 34.6. The fraction of sp³-hybridized carbons (Fsp3) is 0.538. The lowest BCUT2D eigenvalue weighted by Crippen LogP contribution is -2.46. The number of hydrogen-bond donors (Lipinski definition) is 5. The first-order chi connectivity index (χ1) is 9.07. The fourth-order valence-electron chi connectivity index (χ4n) is 2.12. The minimum atomic E-state index is -2.08. The maximum Gasteiger partial charge on any atom is 0.219 e. The molecular weight excluding hydrogens is 250 g/mol. The summed E-state index contributed by atoms with van der Waals surface area (Å²) in [6.45, 7) is 0.0803. The zero-order chi connectivity index (χ0) is 13.9. The van der Waals surface area contributed by atoms with Gasteiger partial charge in [-0.1, -0.05) is 30.3 Å². The number of rotatable bonds is 5. The smallest absolute Gasteiger partial charge is 0.219 e. The van der Waals surface area contributed by atoms with Gasteiger partial charge in [-0.15, -0.1) is 0 Å². The molecule has 0 bridgehead atoms. The summed E-state index contributed by atoms with van der Waals surface area (Å²) in [7, 11) is 0. The minimum absolute atomic E-state index is 0.259. The number of aliphatic hydroxyl groups excluding tert-OH is 3. The second kappa shape index (κ2) is 5.96. The quantitative estimate of drug-likeness (QED) is 0.449. The van der Waals surface area contributed by atoms with Crippen molar-refractivity contribution in [1.29, 1.82) is 0 Å². The number of benzene rings is 1. The maximum atomic E-state index is 9.74. The maximum absolute atomic E-state index is 9.74. The standard InChI is InChI=1S/C13H19NO5/c15-8-13(18)12(17)11(16)10(19-13)7-14-6-9-4-2-1-3-5-9/h1-5,10-12,14-18H,6-8H2/t10-,11-,12-,13+/m1/s1. The molecule has 6 nitrogen and oxygen atoms in total. The Morgan fingerprint density at radius 2 is 1.89 bits per heavy atom. The van der Waals surface area contributed by atoms with E-state index in [0.29, 0.717) is 6.54 Å². The third-order valence-electron chi connectivity index (χ3n) is 3.27. The summed E-state index contributed by atoms with van der Waals surface area (Å²) in [5, 5.41) is 41.1. The molecule has 6 heteroatoms. The van der Waals surface area contributed by atoms with Gasteiger partial charge in [0, 0.05) is 13.1 Å². The molecule has 0 amide bonds. The van der Waals surface area contributed by atoms with Gasteiger partial charge in [0.1, 0.15) is 18.3 Å². The summed E-state index contributed by atoms with van der Waals surface area (Å²) in [4.78, 5) is 0. The number of aliphatic hydroxyl groups is 4. The monoisotopic (exact) mass is 269 g/mol. The van der Waals surface area contributed by atoms with E-state index in [-0.39, 0.29) is 6.54 Å². The number of hydrogen-bond acceptors (Lipinski definition) is 6. The third kappa shape index (κ3) is 3.11. The van der Waals surface area contributed by atoms with Crippen LogP contribution in [0.3, 0.4) is 0 Å². The van der Waals surface area contributed by atoms with Crippen LogP contribution >= 0.6 is 0 Å². The molecule has 5 N–H and O–H groups in total. The van der Waals surface area contributed by atoms with Gasteiger partial charge in [0.2, 0.25) is 5.79 Å². The molecule has 1 heterocycles. The molecule has 106 valence electrons. The van der Waals surface area contributed by atoms with Crippen molar-refractivity contribution in [2.24, 2.45) is 0 Å².